The van der Waals surface area contributed by atoms with Crippen LogP contribution in [0.5, 0.6) is 0 Å². The molecule has 3 aliphatic rings. The van der Waals surface area contributed by atoms with E-state index in [4.69, 9.17) is 0 Å². The van der Waals surface area contributed by atoms with Gasteiger partial charge >= 0.3 is 6.18 Å². The van der Waals surface area contributed by atoms with Gasteiger partial charge in [-0.15, -0.1) is 0 Å². The van der Waals surface area contributed by atoms with E-state index < -0.39 is 12.1 Å². The first-order chi connectivity index (χ1) is 10.9. The normalized spacial score (nSPS) is 39.8. The van der Waals surface area contributed by atoms with Gasteiger partial charge in [-0.2, -0.15) is 13.2 Å². The van der Waals surface area contributed by atoms with Gasteiger partial charge < -0.3 is 0 Å². The van der Waals surface area contributed by atoms with E-state index in [1.807, 2.05) is 0 Å². The van der Waals surface area contributed by atoms with Crippen molar-refractivity contribution in [3.05, 3.63) is 11.6 Å². The van der Waals surface area contributed by atoms with Crippen LogP contribution in [0.1, 0.15) is 77.6 Å². The Morgan fingerprint density at radius 2 is 1.48 bits per heavy atom. The first kappa shape index (κ1) is 17.4. The first-order valence-corrected chi connectivity index (χ1v) is 9.69. The van der Waals surface area contributed by atoms with Crippen LogP contribution in [0.2, 0.25) is 0 Å². The van der Waals surface area contributed by atoms with Crippen LogP contribution in [0.15, 0.2) is 11.6 Å². The highest BCUT2D eigenvalue weighted by Crippen LogP contribution is 2.45. The fraction of sp³-hybridized carbons (Fsp3) is 0.900. The Hall–Kier alpha value is -0.470. The molecule has 132 valence electrons. The molecule has 3 rings (SSSR count). The van der Waals surface area contributed by atoms with Crippen molar-refractivity contribution in [2.24, 2.45) is 29.6 Å². The lowest BCUT2D eigenvalue weighted by Gasteiger charge is -2.37. The molecule has 2 saturated carbocycles. The minimum absolute atomic E-state index is 0.343. The summed E-state index contributed by atoms with van der Waals surface area (Å²) < 4.78 is 38.3. The van der Waals surface area contributed by atoms with Gasteiger partial charge in [-0.3, -0.25) is 0 Å². The fourth-order valence-electron chi connectivity index (χ4n) is 5.22. The summed E-state index contributed by atoms with van der Waals surface area (Å²) in [5.74, 6) is 2.06. The number of rotatable bonds is 2. The van der Waals surface area contributed by atoms with Crippen LogP contribution in [0.25, 0.3) is 0 Å². The van der Waals surface area contributed by atoms with Crippen LogP contribution < -0.4 is 0 Å². The molecule has 3 aliphatic carbocycles. The maximum Gasteiger partial charge on any atom is 0.391 e. The molecule has 1 atom stereocenters. The largest absolute Gasteiger partial charge is 0.391 e. The standard InChI is InChI=1S/C20H31F3/c1-14-2-4-15(5-3-14)16-6-8-17(9-7-16)18-10-12-19(13-11-18)20(21,22)23/h8,14-16,18-19H,2-7,9-13H2,1H3. The topological polar surface area (TPSA) is 0 Å². The molecule has 0 aromatic heterocycles. The summed E-state index contributed by atoms with van der Waals surface area (Å²) in [5, 5.41) is 0. The summed E-state index contributed by atoms with van der Waals surface area (Å²) >= 11 is 0. The molecule has 0 nitrogen and oxygen atoms in total. The maximum atomic E-state index is 12.8. The summed E-state index contributed by atoms with van der Waals surface area (Å²) in [4.78, 5) is 0. The summed E-state index contributed by atoms with van der Waals surface area (Å²) in [6.45, 7) is 2.37. The molecule has 0 saturated heterocycles. The van der Waals surface area contributed by atoms with Gasteiger partial charge in [-0.05, 0) is 81.5 Å². The second-order valence-electron chi connectivity index (χ2n) is 8.42. The Labute approximate surface area is 138 Å². The van der Waals surface area contributed by atoms with Crippen molar-refractivity contribution in [3.8, 4) is 0 Å². The Morgan fingerprint density at radius 3 is 2.00 bits per heavy atom. The highest BCUT2D eigenvalue weighted by molar-refractivity contribution is 5.12. The molecular formula is C20H31F3. The van der Waals surface area contributed by atoms with Crippen molar-refractivity contribution < 1.29 is 13.2 Å². The van der Waals surface area contributed by atoms with Crippen molar-refractivity contribution in [2.75, 3.05) is 0 Å². The number of halogens is 3. The molecule has 0 heterocycles. The monoisotopic (exact) mass is 328 g/mol. The van der Waals surface area contributed by atoms with E-state index in [1.54, 1.807) is 0 Å². The minimum atomic E-state index is -3.98. The zero-order chi connectivity index (χ0) is 16.4. The van der Waals surface area contributed by atoms with Gasteiger partial charge in [0.15, 0.2) is 0 Å². The van der Waals surface area contributed by atoms with E-state index in [-0.39, 0.29) is 0 Å². The van der Waals surface area contributed by atoms with Crippen LogP contribution >= 0.6 is 0 Å². The molecule has 0 aromatic carbocycles. The molecule has 0 spiro atoms. The molecule has 0 radical (unpaired) electrons. The van der Waals surface area contributed by atoms with Gasteiger partial charge in [0, 0.05) is 0 Å². The van der Waals surface area contributed by atoms with E-state index in [2.05, 4.69) is 13.0 Å². The second kappa shape index (κ2) is 7.19. The van der Waals surface area contributed by atoms with E-state index in [9.17, 15) is 13.2 Å². The molecule has 0 bridgehead atoms. The second-order valence-corrected chi connectivity index (χ2v) is 8.42. The molecule has 2 fully saturated rings. The Bertz CT molecular complexity index is 407. The smallest absolute Gasteiger partial charge is 0.171 e. The van der Waals surface area contributed by atoms with Gasteiger partial charge in [0.25, 0.3) is 0 Å². The Kier molecular flexibility index (Phi) is 5.42. The molecule has 23 heavy (non-hydrogen) atoms. The molecule has 3 heteroatoms. The fourth-order valence-corrected chi connectivity index (χ4v) is 5.22. The molecule has 0 N–H and O–H groups in total. The van der Waals surface area contributed by atoms with Crippen LogP contribution in [0, 0.1) is 29.6 Å². The van der Waals surface area contributed by atoms with Gasteiger partial charge in [0.2, 0.25) is 0 Å². The van der Waals surface area contributed by atoms with Crippen LogP contribution in [-0.4, -0.2) is 6.18 Å². The molecule has 0 aliphatic heterocycles. The molecule has 0 amide bonds. The summed E-state index contributed by atoms with van der Waals surface area (Å²) in [7, 11) is 0. The third kappa shape index (κ3) is 4.33. The van der Waals surface area contributed by atoms with Gasteiger partial charge in [-0.25, -0.2) is 0 Å². The molecule has 0 aromatic rings. The van der Waals surface area contributed by atoms with Crippen molar-refractivity contribution in [3.63, 3.8) is 0 Å². The number of alkyl halides is 3. The first-order valence-electron chi connectivity index (χ1n) is 9.69. The predicted molar refractivity (Wildman–Crippen MR) is 88.0 cm³/mol. The minimum Gasteiger partial charge on any atom is -0.171 e. The van der Waals surface area contributed by atoms with Crippen molar-refractivity contribution >= 4 is 0 Å². The lowest BCUT2D eigenvalue weighted by atomic mass is 9.69. The summed E-state index contributed by atoms with van der Waals surface area (Å²) in [6, 6.07) is 0. The average molecular weight is 328 g/mol. The quantitative estimate of drug-likeness (QED) is 0.483. The predicted octanol–water partition coefficient (Wildman–Crippen LogP) is 6.91. The van der Waals surface area contributed by atoms with E-state index in [0.29, 0.717) is 18.8 Å². The van der Waals surface area contributed by atoms with Gasteiger partial charge in [-0.1, -0.05) is 31.4 Å². The van der Waals surface area contributed by atoms with Crippen LogP contribution in [-0.2, 0) is 0 Å². The number of hydrogen-bond donors (Lipinski definition) is 0. The molecular weight excluding hydrogens is 297 g/mol. The zero-order valence-corrected chi connectivity index (χ0v) is 14.4. The van der Waals surface area contributed by atoms with E-state index in [0.717, 1.165) is 37.0 Å². The highest BCUT2D eigenvalue weighted by Gasteiger charge is 2.42. The SMILES string of the molecule is CC1CCC(C2CC=C(C3CCC(C(F)(F)F)CC3)CC2)CC1. The highest BCUT2D eigenvalue weighted by atomic mass is 19.4. The Balaban J connectivity index is 1.48. The zero-order valence-electron chi connectivity index (χ0n) is 14.4. The third-order valence-corrected chi connectivity index (χ3v) is 6.93. The van der Waals surface area contributed by atoms with Crippen molar-refractivity contribution in [1.82, 2.24) is 0 Å². The lowest BCUT2D eigenvalue weighted by molar-refractivity contribution is -0.183. The van der Waals surface area contributed by atoms with Crippen LogP contribution in [0.3, 0.4) is 0 Å². The number of hydrogen-bond acceptors (Lipinski definition) is 0. The third-order valence-electron chi connectivity index (χ3n) is 6.93. The summed E-state index contributed by atoms with van der Waals surface area (Å²) in [6.07, 6.45) is 9.82. The summed E-state index contributed by atoms with van der Waals surface area (Å²) in [5.41, 5.74) is 1.49. The van der Waals surface area contributed by atoms with E-state index >= 15 is 0 Å². The van der Waals surface area contributed by atoms with Crippen LogP contribution in [0.4, 0.5) is 13.2 Å². The Morgan fingerprint density at radius 1 is 0.826 bits per heavy atom. The van der Waals surface area contributed by atoms with E-state index in [1.165, 1.54) is 44.1 Å². The van der Waals surface area contributed by atoms with Crippen molar-refractivity contribution in [1.29, 1.82) is 0 Å². The molecule has 1 unspecified atom stereocenters. The lowest BCUT2D eigenvalue weighted by Crippen LogP contribution is -2.29. The average Bonchev–Trinajstić information content (AvgIpc) is 2.55. The number of allylic oxidation sites excluding steroid dienone is 2. The van der Waals surface area contributed by atoms with Gasteiger partial charge in [0.05, 0.1) is 5.92 Å². The maximum absolute atomic E-state index is 12.8. The van der Waals surface area contributed by atoms with Gasteiger partial charge in [0.1, 0.15) is 0 Å². The van der Waals surface area contributed by atoms with Crippen molar-refractivity contribution in [2.45, 2.75) is 83.7 Å².